The molecule has 1 saturated heterocycles. The number of nitrogens with zero attached hydrogens (tertiary/aromatic N) is 2. The molecule has 0 atom stereocenters. The second-order valence-corrected chi connectivity index (χ2v) is 8.58. The van der Waals surface area contributed by atoms with E-state index in [4.69, 9.17) is 9.56 Å². The van der Waals surface area contributed by atoms with Crippen molar-refractivity contribution in [1.29, 1.82) is 0 Å². The average Bonchev–Trinajstić information content (AvgIpc) is 3.15. The largest absolute Gasteiger partial charge is 0.441 e. The molecule has 3 aromatic rings. The van der Waals surface area contributed by atoms with Crippen LogP contribution in [0, 0.1) is 6.92 Å². The number of amidine groups is 1. The lowest BCUT2D eigenvalue weighted by atomic mass is 10.2. The summed E-state index contributed by atoms with van der Waals surface area (Å²) in [6.45, 7) is 1.77. The van der Waals surface area contributed by atoms with Gasteiger partial charge in [-0.3, -0.25) is 4.79 Å². The summed E-state index contributed by atoms with van der Waals surface area (Å²) in [6, 6.07) is 11.4. The zero-order valence-corrected chi connectivity index (χ0v) is 16.2. The lowest BCUT2D eigenvalue weighted by Gasteiger charge is -2.00. The molecule has 1 amide bonds. The molecule has 28 heavy (non-hydrogen) atoms. The minimum atomic E-state index is -3.83. The van der Waals surface area contributed by atoms with E-state index in [0.29, 0.717) is 27.2 Å². The first kappa shape index (κ1) is 18.4. The van der Waals surface area contributed by atoms with Crippen LogP contribution in [0.4, 0.5) is 5.69 Å². The van der Waals surface area contributed by atoms with Crippen LogP contribution in [0.3, 0.4) is 0 Å². The molecule has 0 radical (unpaired) electrons. The van der Waals surface area contributed by atoms with E-state index in [1.54, 1.807) is 25.1 Å². The van der Waals surface area contributed by atoms with Gasteiger partial charge in [0.1, 0.15) is 5.52 Å². The highest BCUT2D eigenvalue weighted by Gasteiger charge is 2.24. The Morgan fingerprint density at radius 1 is 1.25 bits per heavy atom. The van der Waals surface area contributed by atoms with Crippen LogP contribution in [0.25, 0.3) is 17.2 Å². The van der Waals surface area contributed by atoms with Crippen LogP contribution in [-0.4, -0.2) is 24.5 Å². The number of fused-ring (bicyclic) bond motifs is 1. The third-order valence-corrected chi connectivity index (χ3v) is 5.67. The van der Waals surface area contributed by atoms with Crippen LogP contribution in [0.15, 0.2) is 61.7 Å². The van der Waals surface area contributed by atoms with Crippen molar-refractivity contribution in [2.24, 2.45) is 10.1 Å². The number of hydrogen-bond donors (Lipinski definition) is 2. The first-order valence-electron chi connectivity index (χ1n) is 8.07. The van der Waals surface area contributed by atoms with Crippen LogP contribution >= 0.6 is 11.8 Å². The van der Waals surface area contributed by atoms with E-state index >= 15 is 0 Å². The van der Waals surface area contributed by atoms with Crippen molar-refractivity contribution in [3.8, 4) is 0 Å². The summed E-state index contributed by atoms with van der Waals surface area (Å²) in [5.41, 5.74) is 2.55. The Morgan fingerprint density at radius 2 is 2.07 bits per heavy atom. The van der Waals surface area contributed by atoms with Crippen LogP contribution < -0.4 is 10.5 Å². The molecule has 2 aromatic carbocycles. The highest BCUT2D eigenvalue weighted by atomic mass is 32.2. The van der Waals surface area contributed by atoms with Crippen molar-refractivity contribution < 1.29 is 17.6 Å². The standard InChI is InChI=1S/C18H14N4O4S2/c1-10-20-14-6-5-11(7-15(14)26-10)8-16-17(23)22-18(27-16)21-12-3-2-4-13(9-12)28(19,24)25/h2-9H,1H3,(H2,19,24,25)(H,21,22,23). The van der Waals surface area contributed by atoms with Gasteiger partial charge in [0.05, 0.1) is 15.5 Å². The number of thioether (sulfide) groups is 1. The Kier molecular flexibility index (Phi) is 4.53. The van der Waals surface area contributed by atoms with E-state index in [2.05, 4.69) is 15.3 Å². The number of oxazole rings is 1. The SMILES string of the molecule is Cc1nc2ccc(C=C3SC(=Nc4cccc(S(N)(=O)=O)c4)NC3=O)cc2o1. The molecule has 142 valence electrons. The molecule has 0 saturated carbocycles. The van der Waals surface area contributed by atoms with Crippen LogP contribution in [0.5, 0.6) is 0 Å². The number of benzene rings is 2. The molecule has 0 unspecified atom stereocenters. The topological polar surface area (TPSA) is 128 Å². The van der Waals surface area contributed by atoms with Gasteiger partial charge in [0, 0.05) is 6.92 Å². The summed E-state index contributed by atoms with van der Waals surface area (Å²) in [4.78, 5) is 21.2. The molecule has 1 aliphatic rings. The summed E-state index contributed by atoms with van der Waals surface area (Å²) in [5, 5.41) is 8.14. The van der Waals surface area contributed by atoms with E-state index in [-0.39, 0.29) is 10.8 Å². The van der Waals surface area contributed by atoms with E-state index in [0.717, 1.165) is 22.8 Å². The predicted molar refractivity (Wildman–Crippen MR) is 107 cm³/mol. The number of aromatic nitrogens is 1. The Morgan fingerprint density at radius 3 is 2.86 bits per heavy atom. The minimum absolute atomic E-state index is 0.0462. The van der Waals surface area contributed by atoms with Gasteiger partial charge >= 0.3 is 0 Å². The Labute approximate surface area is 164 Å². The number of rotatable bonds is 3. The Hall–Kier alpha value is -2.95. The smallest absolute Gasteiger partial charge is 0.264 e. The summed E-state index contributed by atoms with van der Waals surface area (Å²) in [5.74, 6) is 0.282. The van der Waals surface area contributed by atoms with Crippen molar-refractivity contribution in [2.45, 2.75) is 11.8 Å². The van der Waals surface area contributed by atoms with Gasteiger partial charge in [0.15, 0.2) is 16.6 Å². The number of nitrogens with two attached hydrogens (primary N) is 1. The minimum Gasteiger partial charge on any atom is -0.441 e. The van der Waals surface area contributed by atoms with Crippen LogP contribution in [-0.2, 0) is 14.8 Å². The quantitative estimate of drug-likeness (QED) is 0.634. The number of carbonyl (C=O) groups excluding carboxylic acids is 1. The van der Waals surface area contributed by atoms with Gasteiger partial charge in [-0.1, -0.05) is 12.1 Å². The van der Waals surface area contributed by atoms with Gasteiger partial charge in [-0.15, -0.1) is 0 Å². The molecular weight excluding hydrogens is 400 g/mol. The van der Waals surface area contributed by atoms with Gasteiger partial charge in [-0.2, -0.15) is 0 Å². The number of nitrogens with one attached hydrogen (secondary N) is 1. The molecule has 0 bridgehead atoms. The van der Waals surface area contributed by atoms with E-state index in [9.17, 15) is 13.2 Å². The van der Waals surface area contributed by atoms with Crippen molar-refractivity contribution >= 4 is 55.7 Å². The molecule has 2 heterocycles. The van der Waals surface area contributed by atoms with Crippen LogP contribution in [0.2, 0.25) is 0 Å². The number of amides is 1. The molecule has 0 spiro atoms. The maximum atomic E-state index is 12.2. The van der Waals surface area contributed by atoms with E-state index < -0.39 is 10.0 Å². The van der Waals surface area contributed by atoms with Gasteiger partial charge in [-0.25, -0.2) is 23.5 Å². The monoisotopic (exact) mass is 414 g/mol. The van der Waals surface area contributed by atoms with Gasteiger partial charge in [0.25, 0.3) is 5.91 Å². The van der Waals surface area contributed by atoms with Crippen molar-refractivity contribution in [2.75, 3.05) is 0 Å². The normalized spacial score (nSPS) is 17.6. The number of hydrogen-bond acceptors (Lipinski definition) is 7. The first-order chi connectivity index (χ1) is 13.3. The molecule has 4 rings (SSSR count). The fraction of sp³-hybridized carbons (Fsp3) is 0.0556. The maximum Gasteiger partial charge on any atom is 0.264 e. The number of carbonyl (C=O) groups is 1. The summed E-state index contributed by atoms with van der Waals surface area (Å²) in [7, 11) is -3.83. The highest BCUT2D eigenvalue weighted by molar-refractivity contribution is 8.18. The second kappa shape index (κ2) is 6.89. The molecule has 1 fully saturated rings. The lowest BCUT2D eigenvalue weighted by Crippen LogP contribution is -2.19. The molecule has 1 aliphatic heterocycles. The fourth-order valence-electron chi connectivity index (χ4n) is 2.63. The predicted octanol–water partition coefficient (Wildman–Crippen LogP) is 2.68. The van der Waals surface area contributed by atoms with Crippen molar-refractivity contribution in [1.82, 2.24) is 10.3 Å². The molecular formula is C18H14N4O4S2. The summed E-state index contributed by atoms with van der Waals surface area (Å²) < 4.78 is 28.4. The van der Waals surface area contributed by atoms with E-state index in [1.165, 1.54) is 18.2 Å². The Balaban J connectivity index is 1.61. The third kappa shape index (κ3) is 3.84. The van der Waals surface area contributed by atoms with Gasteiger partial charge < -0.3 is 9.73 Å². The first-order valence-corrected chi connectivity index (χ1v) is 10.4. The molecule has 0 aliphatic carbocycles. The number of primary sulfonamides is 1. The maximum absolute atomic E-state index is 12.2. The second-order valence-electron chi connectivity index (χ2n) is 5.98. The molecule has 8 nitrogen and oxygen atoms in total. The number of aryl methyl sites for hydroxylation is 1. The van der Waals surface area contributed by atoms with Crippen molar-refractivity contribution in [3.05, 3.63) is 58.8 Å². The van der Waals surface area contributed by atoms with Gasteiger partial charge in [0.2, 0.25) is 10.0 Å². The Bertz CT molecular complexity index is 1280. The zero-order valence-electron chi connectivity index (χ0n) is 14.5. The zero-order chi connectivity index (χ0) is 19.9. The summed E-state index contributed by atoms with van der Waals surface area (Å²) >= 11 is 1.16. The molecule has 1 aromatic heterocycles. The van der Waals surface area contributed by atoms with Crippen molar-refractivity contribution in [3.63, 3.8) is 0 Å². The molecule has 10 heteroatoms. The number of sulfonamides is 1. The number of aliphatic imine (C=N–C) groups is 1. The molecule has 3 N–H and O–H groups in total. The van der Waals surface area contributed by atoms with Gasteiger partial charge in [-0.05, 0) is 53.7 Å². The summed E-state index contributed by atoms with van der Waals surface area (Å²) in [6.07, 6.45) is 1.72. The average molecular weight is 414 g/mol. The van der Waals surface area contributed by atoms with Crippen LogP contribution in [0.1, 0.15) is 11.5 Å². The fourth-order valence-corrected chi connectivity index (χ4v) is 4.02. The third-order valence-electron chi connectivity index (χ3n) is 3.84. The lowest BCUT2D eigenvalue weighted by molar-refractivity contribution is -0.115. The van der Waals surface area contributed by atoms with E-state index in [1.807, 2.05) is 12.1 Å². The highest BCUT2D eigenvalue weighted by Crippen LogP contribution is 2.29.